The van der Waals surface area contributed by atoms with Gasteiger partial charge in [-0.1, -0.05) is 44.2 Å². The number of aliphatic imine (C=N–C) groups is 1. The number of hydrogen-bond acceptors (Lipinski definition) is 4. The molecule has 0 fully saturated rings. The summed E-state index contributed by atoms with van der Waals surface area (Å²) >= 11 is 0. The van der Waals surface area contributed by atoms with Gasteiger partial charge in [-0.05, 0) is 19.4 Å². The Morgan fingerprint density at radius 1 is 1.15 bits per heavy atom. The van der Waals surface area contributed by atoms with Gasteiger partial charge in [0.05, 0.1) is 12.3 Å². The minimum Gasteiger partial charge on any atom is -0.384 e. The van der Waals surface area contributed by atoms with E-state index in [1.807, 2.05) is 51.1 Å². The fraction of sp³-hybridized carbons (Fsp3) is 0.611. The highest BCUT2D eigenvalue weighted by Crippen LogP contribution is 2.20. The Morgan fingerprint density at radius 2 is 1.74 bits per heavy atom. The van der Waals surface area contributed by atoms with Gasteiger partial charge in [-0.25, -0.2) is 17.7 Å². The Morgan fingerprint density at radius 3 is 2.26 bits per heavy atom. The standard InChI is InChI=1S/C18H32N4O3S.HI/c1-5-19-17(20-13-14-26(24,25)22(6-2)7-3)21-15-18(4,23)16-11-9-8-10-12-16;/h8-12,23H,5-7,13-15H2,1-4H3,(H2,19,20,21);1H. The van der Waals surface area contributed by atoms with Crippen LogP contribution in [0.2, 0.25) is 0 Å². The van der Waals surface area contributed by atoms with E-state index in [0.29, 0.717) is 25.6 Å². The zero-order chi connectivity index (χ0) is 19.6. The van der Waals surface area contributed by atoms with E-state index in [9.17, 15) is 13.5 Å². The number of halogens is 1. The Kier molecular flexibility index (Phi) is 12.1. The molecule has 0 aliphatic heterocycles. The maximum absolute atomic E-state index is 12.2. The molecule has 0 heterocycles. The van der Waals surface area contributed by atoms with E-state index in [1.165, 1.54) is 4.31 Å². The lowest BCUT2D eigenvalue weighted by Gasteiger charge is -2.23. The zero-order valence-corrected chi connectivity index (χ0v) is 19.8. The molecule has 27 heavy (non-hydrogen) atoms. The lowest BCUT2D eigenvalue weighted by Crippen LogP contribution is -2.42. The summed E-state index contributed by atoms with van der Waals surface area (Å²) in [6.45, 7) is 9.27. The van der Waals surface area contributed by atoms with Gasteiger partial charge in [0.25, 0.3) is 0 Å². The van der Waals surface area contributed by atoms with Crippen LogP contribution in [-0.2, 0) is 15.6 Å². The molecular formula is C18H33IN4O3S. The first kappa shape index (κ1) is 26.1. The van der Waals surface area contributed by atoms with Crippen LogP contribution >= 0.6 is 24.0 Å². The fourth-order valence-corrected chi connectivity index (χ4v) is 3.91. The number of guanidine groups is 1. The quantitative estimate of drug-likeness (QED) is 0.252. The SMILES string of the molecule is CCNC(=NCC(C)(O)c1ccccc1)NCCS(=O)(=O)N(CC)CC.I. The van der Waals surface area contributed by atoms with Crippen molar-refractivity contribution in [3.05, 3.63) is 35.9 Å². The molecule has 1 rings (SSSR count). The molecule has 0 amide bonds. The lowest BCUT2D eigenvalue weighted by atomic mass is 9.96. The molecule has 3 N–H and O–H groups in total. The number of aliphatic hydroxyl groups is 1. The molecule has 156 valence electrons. The minimum atomic E-state index is -3.28. The van der Waals surface area contributed by atoms with Crippen molar-refractivity contribution in [3.8, 4) is 0 Å². The molecule has 0 aromatic heterocycles. The van der Waals surface area contributed by atoms with Gasteiger partial charge in [0.1, 0.15) is 5.60 Å². The second-order valence-corrected chi connectivity index (χ2v) is 8.25. The van der Waals surface area contributed by atoms with Gasteiger partial charge >= 0.3 is 0 Å². The molecule has 0 bridgehead atoms. The number of nitrogens with zero attached hydrogens (tertiary/aromatic N) is 2. The van der Waals surface area contributed by atoms with Crippen LogP contribution in [0.5, 0.6) is 0 Å². The molecule has 1 aromatic carbocycles. The van der Waals surface area contributed by atoms with Crippen LogP contribution in [0, 0.1) is 0 Å². The predicted molar refractivity (Wildman–Crippen MR) is 122 cm³/mol. The van der Waals surface area contributed by atoms with Crippen LogP contribution < -0.4 is 10.6 Å². The fourth-order valence-electron chi connectivity index (χ4n) is 2.51. The van der Waals surface area contributed by atoms with Gasteiger partial charge in [-0.2, -0.15) is 0 Å². The van der Waals surface area contributed by atoms with E-state index >= 15 is 0 Å². The maximum atomic E-state index is 12.2. The molecule has 0 aliphatic rings. The molecular weight excluding hydrogens is 479 g/mol. The molecule has 0 spiro atoms. The van der Waals surface area contributed by atoms with Gasteiger partial charge < -0.3 is 15.7 Å². The van der Waals surface area contributed by atoms with Crippen molar-refractivity contribution in [2.75, 3.05) is 38.5 Å². The van der Waals surface area contributed by atoms with E-state index < -0.39 is 15.6 Å². The molecule has 0 saturated heterocycles. The summed E-state index contributed by atoms with van der Waals surface area (Å²) < 4.78 is 25.9. The summed E-state index contributed by atoms with van der Waals surface area (Å²) in [5, 5.41) is 16.7. The van der Waals surface area contributed by atoms with Crippen molar-refractivity contribution < 1.29 is 13.5 Å². The Hall–Kier alpha value is -0.910. The van der Waals surface area contributed by atoms with Crippen LogP contribution in [0.15, 0.2) is 35.3 Å². The first-order valence-electron chi connectivity index (χ1n) is 9.04. The Labute approximate surface area is 180 Å². The zero-order valence-electron chi connectivity index (χ0n) is 16.6. The second kappa shape index (κ2) is 12.5. The molecule has 7 nitrogen and oxygen atoms in total. The van der Waals surface area contributed by atoms with Crippen LogP contribution in [0.3, 0.4) is 0 Å². The molecule has 0 aliphatic carbocycles. The van der Waals surface area contributed by atoms with Crippen molar-refractivity contribution in [2.24, 2.45) is 4.99 Å². The summed E-state index contributed by atoms with van der Waals surface area (Å²) in [5.74, 6) is 0.479. The summed E-state index contributed by atoms with van der Waals surface area (Å²) in [6.07, 6.45) is 0. The summed E-state index contributed by atoms with van der Waals surface area (Å²) in [5.41, 5.74) is -0.319. The van der Waals surface area contributed by atoms with E-state index in [1.54, 1.807) is 6.92 Å². The Balaban J connectivity index is 0.00000676. The van der Waals surface area contributed by atoms with Gasteiger partial charge in [-0.15, -0.1) is 24.0 Å². The largest absolute Gasteiger partial charge is 0.384 e. The first-order valence-corrected chi connectivity index (χ1v) is 10.7. The second-order valence-electron chi connectivity index (χ2n) is 6.16. The van der Waals surface area contributed by atoms with Gasteiger partial charge in [0, 0.05) is 26.2 Å². The molecule has 1 atom stereocenters. The highest BCUT2D eigenvalue weighted by molar-refractivity contribution is 14.0. The van der Waals surface area contributed by atoms with Crippen molar-refractivity contribution in [1.82, 2.24) is 14.9 Å². The smallest absolute Gasteiger partial charge is 0.215 e. The van der Waals surface area contributed by atoms with Gasteiger partial charge in [0.2, 0.25) is 10.0 Å². The third-order valence-electron chi connectivity index (χ3n) is 4.04. The lowest BCUT2D eigenvalue weighted by molar-refractivity contribution is 0.0672. The van der Waals surface area contributed by atoms with E-state index in [0.717, 1.165) is 5.56 Å². The molecule has 1 aromatic rings. The molecule has 1 unspecified atom stereocenters. The van der Waals surface area contributed by atoms with Crippen molar-refractivity contribution >= 4 is 40.0 Å². The van der Waals surface area contributed by atoms with Crippen LogP contribution in [0.1, 0.15) is 33.3 Å². The van der Waals surface area contributed by atoms with Crippen LogP contribution in [0.4, 0.5) is 0 Å². The summed E-state index contributed by atoms with van der Waals surface area (Å²) in [7, 11) is -3.28. The number of nitrogens with one attached hydrogen (secondary N) is 2. The number of rotatable bonds is 10. The number of sulfonamides is 1. The highest BCUT2D eigenvalue weighted by atomic mass is 127. The van der Waals surface area contributed by atoms with Crippen LogP contribution in [0.25, 0.3) is 0 Å². The summed E-state index contributed by atoms with van der Waals surface area (Å²) in [4.78, 5) is 4.40. The average Bonchev–Trinajstić information content (AvgIpc) is 2.61. The van der Waals surface area contributed by atoms with Crippen molar-refractivity contribution in [1.29, 1.82) is 0 Å². The van der Waals surface area contributed by atoms with Crippen molar-refractivity contribution in [2.45, 2.75) is 33.3 Å². The van der Waals surface area contributed by atoms with Gasteiger partial charge in [0.15, 0.2) is 5.96 Å². The molecule has 9 heteroatoms. The van der Waals surface area contributed by atoms with E-state index in [-0.39, 0.29) is 42.8 Å². The monoisotopic (exact) mass is 512 g/mol. The number of hydrogen-bond donors (Lipinski definition) is 3. The minimum absolute atomic E-state index is 0. The van der Waals surface area contributed by atoms with E-state index in [2.05, 4.69) is 15.6 Å². The molecule has 0 radical (unpaired) electrons. The first-order chi connectivity index (χ1) is 12.3. The normalized spacial score (nSPS) is 14.4. The number of benzene rings is 1. The van der Waals surface area contributed by atoms with Crippen molar-refractivity contribution in [3.63, 3.8) is 0 Å². The maximum Gasteiger partial charge on any atom is 0.215 e. The molecule has 0 saturated carbocycles. The third-order valence-corrected chi connectivity index (χ3v) is 6.06. The van der Waals surface area contributed by atoms with E-state index in [4.69, 9.17) is 0 Å². The van der Waals surface area contributed by atoms with Crippen LogP contribution in [-0.4, -0.2) is 62.3 Å². The third kappa shape index (κ3) is 8.75. The summed E-state index contributed by atoms with van der Waals surface area (Å²) in [6, 6.07) is 9.34. The predicted octanol–water partition coefficient (Wildman–Crippen LogP) is 1.74. The Bertz CT molecular complexity index is 662. The topological polar surface area (TPSA) is 94.0 Å². The van der Waals surface area contributed by atoms with Gasteiger partial charge in [-0.3, -0.25) is 0 Å². The highest BCUT2D eigenvalue weighted by Gasteiger charge is 2.23. The average molecular weight is 512 g/mol.